The van der Waals surface area contributed by atoms with Gasteiger partial charge in [0.25, 0.3) is 11.6 Å². The molecule has 0 bridgehead atoms. The van der Waals surface area contributed by atoms with Crippen molar-refractivity contribution in [1.82, 2.24) is 10.1 Å². The van der Waals surface area contributed by atoms with Gasteiger partial charge >= 0.3 is 0 Å². The average molecular weight is 295 g/mol. The number of nitro groups is 1. The molecular weight excluding hydrogens is 281 g/mol. The maximum absolute atomic E-state index is 13.6. The lowest BCUT2D eigenvalue weighted by atomic mass is 10.1. The summed E-state index contributed by atoms with van der Waals surface area (Å²) in [5.74, 6) is 0.259. The first-order chi connectivity index (χ1) is 9.95. The number of hydrogen-bond acceptors (Lipinski definition) is 6. The van der Waals surface area contributed by atoms with E-state index in [0.29, 0.717) is 18.2 Å². The summed E-state index contributed by atoms with van der Waals surface area (Å²) >= 11 is 0. The van der Waals surface area contributed by atoms with Crippen LogP contribution in [0.2, 0.25) is 0 Å². The standard InChI is InChI=1S/C13H14FN3O4/c1-8(2)5-12-15-13(21-16-12)7-20-11-4-3-9(17(18)19)6-10(11)14/h3-4,6,8H,5,7H2,1-2H3. The van der Waals surface area contributed by atoms with Crippen molar-refractivity contribution < 1.29 is 18.6 Å². The molecule has 2 rings (SSSR count). The van der Waals surface area contributed by atoms with Crippen LogP contribution in [0.4, 0.5) is 10.1 Å². The summed E-state index contributed by atoms with van der Waals surface area (Å²) in [5, 5.41) is 14.3. The smallest absolute Gasteiger partial charge is 0.272 e. The van der Waals surface area contributed by atoms with Crippen molar-refractivity contribution in [2.45, 2.75) is 26.9 Å². The molecule has 1 aromatic heterocycles. The van der Waals surface area contributed by atoms with Crippen LogP contribution in [0.25, 0.3) is 0 Å². The van der Waals surface area contributed by atoms with E-state index in [1.54, 1.807) is 0 Å². The van der Waals surface area contributed by atoms with Gasteiger partial charge in [-0.3, -0.25) is 10.1 Å². The molecule has 21 heavy (non-hydrogen) atoms. The number of rotatable bonds is 6. The van der Waals surface area contributed by atoms with Gasteiger partial charge in [-0.1, -0.05) is 19.0 Å². The Morgan fingerprint density at radius 3 is 2.86 bits per heavy atom. The SMILES string of the molecule is CC(C)Cc1noc(COc2ccc([N+](=O)[O-])cc2F)n1. The van der Waals surface area contributed by atoms with Gasteiger partial charge in [0.1, 0.15) is 0 Å². The van der Waals surface area contributed by atoms with Crippen molar-refractivity contribution in [3.8, 4) is 5.75 Å². The fourth-order valence-corrected chi connectivity index (χ4v) is 1.66. The van der Waals surface area contributed by atoms with E-state index in [1.807, 2.05) is 13.8 Å². The van der Waals surface area contributed by atoms with Gasteiger partial charge in [-0.15, -0.1) is 0 Å². The molecule has 1 heterocycles. The Bertz CT molecular complexity index is 642. The lowest BCUT2D eigenvalue weighted by Crippen LogP contribution is -2.00. The van der Waals surface area contributed by atoms with Crippen LogP contribution in [0, 0.1) is 21.8 Å². The molecule has 0 fully saturated rings. The third-order valence-corrected chi connectivity index (χ3v) is 2.58. The second-order valence-corrected chi connectivity index (χ2v) is 4.86. The molecule has 0 aliphatic rings. The molecule has 0 aliphatic heterocycles. The van der Waals surface area contributed by atoms with Crippen LogP contribution in [0.15, 0.2) is 22.7 Å². The minimum atomic E-state index is -0.814. The largest absolute Gasteiger partial charge is 0.481 e. The predicted molar refractivity (Wildman–Crippen MR) is 70.2 cm³/mol. The first-order valence-corrected chi connectivity index (χ1v) is 6.34. The van der Waals surface area contributed by atoms with Gasteiger partial charge in [-0.25, -0.2) is 4.39 Å². The first kappa shape index (κ1) is 14.9. The molecule has 0 atom stereocenters. The van der Waals surface area contributed by atoms with E-state index in [9.17, 15) is 14.5 Å². The van der Waals surface area contributed by atoms with E-state index >= 15 is 0 Å². The van der Waals surface area contributed by atoms with Gasteiger partial charge < -0.3 is 9.26 Å². The zero-order chi connectivity index (χ0) is 15.4. The van der Waals surface area contributed by atoms with E-state index in [2.05, 4.69) is 10.1 Å². The first-order valence-electron chi connectivity index (χ1n) is 6.34. The molecule has 2 aromatic rings. The Kier molecular flexibility index (Phi) is 4.46. The predicted octanol–water partition coefficient (Wildman–Crippen LogP) is 2.89. The summed E-state index contributed by atoms with van der Waals surface area (Å²) < 4.78 is 23.7. The van der Waals surface area contributed by atoms with E-state index in [4.69, 9.17) is 9.26 Å². The Hall–Kier alpha value is -2.51. The number of ether oxygens (including phenoxy) is 1. The molecule has 0 saturated heterocycles. The Morgan fingerprint density at radius 1 is 1.48 bits per heavy atom. The topological polar surface area (TPSA) is 91.3 Å². The second kappa shape index (κ2) is 6.29. The van der Waals surface area contributed by atoms with Crippen molar-refractivity contribution in [3.05, 3.63) is 45.8 Å². The molecule has 0 radical (unpaired) electrons. The molecule has 7 nitrogen and oxygen atoms in total. The van der Waals surface area contributed by atoms with Gasteiger partial charge in [0.15, 0.2) is 24.0 Å². The molecule has 112 valence electrons. The zero-order valence-corrected chi connectivity index (χ0v) is 11.6. The second-order valence-electron chi connectivity index (χ2n) is 4.86. The van der Waals surface area contributed by atoms with Crippen LogP contribution in [0.1, 0.15) is 25.6 Å². The fourth-order valence-electron chi connectivity index (χ4n) is 1.66. The van der Waals surface area contributed by atoms with E-state index in [1.165, 1.54) is 6.07 Å². The van der Waals surface area contributed by atoms with Crippen molar-refractivity contribution >= 4 is 5.69 Å². The molecule has 0 N–H and O–H groups in total. The molecule has 8 heteroatoms. The molecule has 0 saturated carbocycles. The van der Waals surface area contributed by atoms with Crippen LogP contribution in [0.5, 0.6) is 5.75 Å². The number of non-ortho nitro benzene ring substituents is 1. The summed E-state index contributed by atoms with van der Waals surface area (Å²) in [6, 6.07) is 3.16. The van der Waals surface area contributed by atoms with Crippen molar-refractivity contribution in [1.29, 1.82) is 0 Å². The maximum atomic E-state index is 13.6. The fraction of sp³-hybridized carbons (Fsp3) is 0.385. The lowest BCUT2D eigenvalue weighted by molar-refractivity contribution is -0.385. The van der Waals surface area contributed by atoms with Crippen LogP contribution in [0.3, 0.4) is 0 Å². The summed E-state index contributed by atoms with van der Waals surface area (Å²) in [4.78, 5) is 13.9. The summed E-state index contributed by atoms with van der Waals surface area (Å²) in [7, 11) is 0. The maximum Gasteiger partial charge on any atom is 0.272 e. The number of halogens is 1. The van der Waals surface area contributed by atoms with Gasteiger partial charge in [0.2, 0.25) is 0 Å². The molecule has 0 aliphatic carbocycles. The molecule has 0 amide bonds. The number of nitro benzene ring substituents is 1. The highest BCUT2D eigenvalue weighted by molar-refractivity contribution is 5.37. The summed E-state index contributed by atoms with van der Waals surface area (Å²) in [6.45, 7) is 3.96. The zero-order valence-electron chi connectivity index (χ0n) is 11.6. The highest BCUT2D eigenvalue weighted by atomic mass is 19.1. The highest BCUT2D eigenvalue weighted by Gasteiger charge is 2.13. The van der Waals surface area contributed by atoms with E-state index < -0.39 is 10.7 Å². The van der Waals surface area contributed by atoms with Crippen LogP contribution in [-0.4, -0.2) is 15.1 Å². The minimum Gasteiger partial charge on any atom is -0.481 e. The highest BCUT2D eigenvalue weighted by Crippen LogP contribution is 2.23. The van der Waals surface area contributed by atoms with Crippen LogP contribution in [-0.2, 0) is 13.0 Å². The van der Waals surface area contributed by atoms with Gasteiger partial charge in [0.05, 0.1) is 11.0 Å². The molecule has 0 spiro atoms. The average Bonchev–Trinajstić information content (AvgIpc) is 2.83. The number of nitrogens with zero attached hydrogens (tertiary/aromatic N) is 3. The van der Waals surface area contributed by atoms with Gasteiger partial charge in [-0.2, -0.15) is 4.98 Å². The number of benzene rings is 1. The van der Waals surface area contributed by atoms with Crippen molar-refractivity contribution in [3.63, 3.8) is 0 Å². The van der Waals surface area contributed by atoms with Crippen LogP contribution < -0.4 is 4.74 Å². The Morgan fingerprint density at radius 2 is 2.24 bits per heavy atom. The number of aromatic nitrogens is 2. The normalized spacial score (nSPS) is 10.9. The third kappa shape index (κ3) is 3.98. The van der Waals surface area contributed by atoms with Gasteiger partial charge in [0, 0.05) is 12.5 Å². The van der Waals surface area contributed by atoms with Crippen LogP contribution >= 0.6 is 0 Å². The van der Waals surface area contributed by atoms with Crippen molar-refractivity contribution in [2.75, 3.05) is 0 Å². The molecule has 1 aromatic carbocycles. The summed E-state index contributed by atoms with van der Waals surface area (Å²) in [5.41, 5.74) is -0.336. The van der Waals surface area contributed by atoms with E-state index in [0.717, 1.165) is 12.1 Å². The minimum absolute atomic E-state index is 0.0974. The quantitative estimate of drug-likeness (QED) is 0.601. The monoisotopic (exact) mass is 295 g/mol. The van der Waals surface area contributed by atoms with Gasteiger partial charge in [-0.05, 0) is 12.0 Å². The molecular formula is C13H14FN3O4. The molecule has 0 unspecified atom stereocenters. The Balaban J connectivity index is 1.99. The number of hydrogen-bond donors (Lipinski definition) is 0. The lowest BCUT2D eigenvalue weighted by Gasteiger charge is -2.03. The van der Waals surface area contributed by atoms with E-state index in [-0.39, 0.29) is 23.9 Å². The van der Waals surface area contributed by atoms with Crippen molar-refractivity contribution in [2.24, 2.45) is 5.92 Å². The summed E-state index contributed by atoms with van der Waals surface area (Å²) in [6.07, 6.45) is 0.676. The third-order valence-electron chi connectivity index (χ3n) is 2.58. The Labute approximate surface area is 119 Å².